The maximum absolute atomic E-state index is 15.3. The van der Waals surface area contributed by atoms with Gasteiger partial charge in [0.1, 0.15) is 0 Å². The molecule has 0 radical (unpaired) electrons. The highest BCUT2D eigenvalue weighted by atomic mass is 19.4. The molecule has 2 nitrogen and oxygen atoms in total. The Morgan fingerprint density at radius 3 is 1.38 bits per heavy atom. The molecular formula is C21H18F6O2. The first-order valence-electron chi connectivity index (χ1n) is 9.17. The largest absolute Gasteiger partial charge is 0.433 e. The van der Waals surface area contributed by atoms with E-state index in [0.29, 0.717) is 37.2 Å². The monoisotopic (exact) mass is 416 g/mol. The van der Waals surface area contributed by atoms with E-state index in [1.807, 2.05) is 0 Å². The third-order valence-electron chi connectivity index (χ3n) is 5.22. The molecule has 3 atom stereocenters. The smallest absolute Gasteiger partial charge is 0.373 e. The van der Waals surface area contributed by atoms with Crippen molar-refractivity contribution >= 4 is 0 Å². The predicted octanol–water partition coefficient (Wildman–Crippen LogP) is 5.09. The number of alkyl halides is 6. The van der Waals surface area contributed by atoms with Gasteiger partial charge in [0, 0.05) is 24.0 Å². The highest BCUT2D eigenvalue weighted by Gasteiger charge is 2.72. The summed E-state index contributed by atoms with van der Waals surface area (Å²) in [6, 6.07) is 8.25. The lowest BCUT2D eigenvalue weighted by molar-refractivity contribution is -0.314. The topological polar surface area (TPSA) is 25.1 Å². The second kappa shape index (κ2) is 7.02. The van der Waals surface area contributed by atoms with E-state index in [1.165, 1.54) is 24.3 Å². The molecule has 2 aliphatic rings. The normalized spacial score (nSPS) is 23.5. The van der Waals surface area contributed by atoms with Crippen molar-refractivity contribution in [1.29, 1.82) is 0 Å². The Morgan fingerprint density at radius 2 is 1.03 bits per heavy atom. The number of hydrogen-bond acceptors (Lipinski definition) is 2. The second-order valence-electron chi connectivity index (χ2n) is 7.44. The number of epoxide rings is 2. The highest BCUT2D eigenvalue weighted by Crippen LogP contribution is 2.57. The molecular weight excluding hydrogens is 398 g/mol. The fraction of sp³-hybridized carbons (Fsp3) is 0.429. The summed E-state index contributed by atoms with van der Waals surface area (Å²) in [5.74, 6) is -4.82. The van der Waals surface area contributed by atoms with Crippen molar-refractivity contribution in [2.24, 2.45) is 0 Å². The molecule has 2 saturated heterocycles. The number of ether oxygens (including phenoxy) is 2. The molecule has 2 aromatic rings. The van der Waals surface area contributed by atoms with Crippen molar-refractivity contribution in [3.05, 3.63) is 70.8 Å². The second-order valence-corrected chi connectivity index (χ2v) is 7.44. The average molecular weight is 416 g/mol. The van der Waals surface area contributed by atoms with Crippen LogP contribution in [0.3, 0.4) is 0 Å². The maximum Gasteiger partial charge on any atom is 0.433 e. The molecule has 3 unspecified atom stereocenters. The van der Waals surface area contributed by atoms with Crippen LogP contribution in [0.2, 0.25) is 0 Å². The van der Waals surface area contributed by atoms with E-state index in [-0.39, 0.29) is 12.2 Å². The van der Waals surface area contributed by atoms with Crippen LogP contribution in [0.25, 0.3) is 0 Å². The lowest BCUT2D eigenvalue weighted by Crippen LogP contribution is -2.51. The lowest BCUT2D eigenvalue weighted by atomic mass is 9.83. The van der Waals surface area contributed by atoms with Gasteiger partial charge in [-0.1, -0.05) is 48.5 Å². The van der Waals surface area contributed by atoms with E-state index < -0.39 is 28.9 Å². The number of hydrogen-bond donors (Lipinski definition) is 0. The van der Waals surface area contributed by atoms with Gasteiger partial charge in [-0.15, -0.1) is 0 Å². The summed E-state index contributed by atoms with van der Waals surface area (Å²) in [5, 5.41) is 0. The van der Waals surface area contributed by atoms with Gasteiger partial charge in [0.2, 0.25) is 0 Å². The molecule has 2 heterocycles. The Balaban J connectivity index is 1.66. The van der Waals surface area contributed by atoms with E-state index in [0.717, 1.165) is 24.3 Å². The average Bonchev–Trinajstić information content (AvgIpc) is 3.58. The summed E-state index contributed by atoms with van der Waals surface area (Å²) < 4.78 is 96.3. The molecule has 29 heavy (non-hydrogen) atoms. The SMILES string of the molecule is FC(F)(F)C(F)(c1ccc(CC2CO2)cc1)C(F)(F)c1ccc(CC2CO2)cc1. The number of benzene rings is 2. The fourth-order valence-corrected chi connectivity index (χ4v) is 3.34. The van der Waals surface area contributed by atoms with E-state index in [9.17, 15) is 22.0 Å². The van der Waals surface area contributed by atoms with Crippen LogP contribution in [-0.2, 0) is 33.9 Å². The van der Waals surface area contributed by atoms with Crippen LogP contribution in [0.4, 0.5) is 26.3 Å². The molecule has 0 spiro atoms. The van der Waals surface area contributed by atoms with Gasteiger partial charge in [0.15, 0.2) is 0 Å². The minimum Gasteiger partial charge on any atom is -0.373 e. The van der Waals surface area contributed by atoms with Crippen molar-refractivity contribution in [3.63, 3.8) is 0 Å². The first-order valence-corrected chi connectivity index (χ1v) is 9.17. The first kappa shape index (κ1) is 20.2. The third kappa shape index (κ3) is 3.88. The lowest BCUT2D eigenvalue weighted by Gasteiger charge is -2.35. The van der Waals surface area contributed by atoms with Gasteiger partial charge in [0.05, 0.1) is 25.4 Å². The molecule has 4 rings (SSSR count). The first-order chi connectivity index (χ1) is 13.6. The molecule has 2 aromatic carbocycles. The van der Waals surface area contributed by atoms with Gasteiger partial charge in [-0.05, 0) is 11.1 Å². The van der Waals surface area contributed by atoms with Crippen LogP contribution in [-0.4, -0.2) is 31.6 Å². The quantitative estimate of drug-likeness (QED) is 0.464. The predicted molar refractivity (Wildman–Crippen MR) is 92.5 cm³/mol. The van der Waals surface area contributed by atoms with Gasteiger partial charge in [0.25, 0.3) is 5.67 Å². The molecule has 8 heteroatoms. The Labute approximate surface area is 163 Å². The Bertz CT molecular complexity index is 854. The van der Waals surface area contributed by atoms with Crippen molar-refractivity contribution in [1.82, 2.24) is 0 Å². The summed E-state index contributed by atoms with van der Waals surface area (Å²) in [6.45, 7) is 1.10. The minimum atomic E-state index is -5.82. The van der Waals surface area contributed by atoms with Gasteiger partial charge in [-0.2, -0.15) is 22.0 Å². The Kier molecular flexibility index (Phi) is 4.90. The van der Waals surface area contributed by atoms with Crippen LogP contribution < -0.4 is 0 Å². The Hall–Kier alpha value is -2.06. The molecule has 0 amide bonds. The Morgan fingerprint density at radius 1 is 0.655 bits per heavy atom. The van der Waals surface area contributed by atoms with Crippen LogP contribution in [0.15, 0.2) is 48.5 Å². The van der Waals surface area contributed by atoms with Crippen LogP contribution in [0.5, 0.6) is 0 Å². The summed E-state index contributed by atoms with van der Waals surface area (Å²) in [6.07, 6.45) is -4.94. The molecule has 0 bridgehead atoms. The van der Waals surface area contributed by atoms with Gasteiger partial charge < -0.3 is 9.47 Å². The summed E-state index contributed by atoms with van der Waals surface area (Å²) in [5.41, 5.74) is -5.81. The summed E-state index contributed by atoms with van der Waals surface area (Å²) in [7, 11) is 0. The van der Waals surface area contributed by atoms with E-state index in [2.05, 4.69) is 0 Å². The standard InChI is InChI=1S/C21H18F6O2/c22-19(21(25,26)27,15-5-1-13(2-6-15)9-17-11-28-17)20(23,24)16-7-3-14(4-8-16)10-18-12-29-18/h1-8,17-18H,9-12H2. The number of halogens is 6. The third-order valence-corrected chi connectivity index (χ3v) is 5.22. The van der Waals surface area contributed by atoms with Crippen molar-refractivity contribution < 1.29 is 35.8 Å². The number of rotatable bonds is 7. The molecule has 156 valence electrons. The van der Waals surface area contributed by atoms with Crippen molar-refractivity contribution in [2.45, 2.75) is 42.8 Å². The van der Waals surface area contributed by atoms with E-state index in [4.69, 9.17) is 9.47 Å². The molecule has 0 N–H and O–H groups in total. The molecule has 0 aromatic heterocycles. The highest BCUT2D eigenvalue weighted by molar-refractivity contribution is 5.37. The molecule has 0 aliphatic carbocycles. The van der Waals surface area contributed by atoms with Gasteiger partial charge >= 0.3 is 12.1 Å². The zero-order chi connectivity index (χ0) is 20.9. The summed E-state index contributed by atoms with van der Waals surface area (Å²) in [4.78, 5) is 0. The minimum absolute atomic E-state index is 0.00338. The summed E-state index contributed by atoms with van der Waals surface area (Å²) >= 11 is 0. The van der Waals surface area contributed by atoms with Crippen LogP contribution in [0, 0.1) is 0 Å². The maximum atomic E-state index is 15.3. The van der Waals surface area contributed by atoms with Crippen molar-refractivity contribution in [2.75, 3.05) is 13.2 Å². The van der Waals surface area contributed by atoms with Gasteiger partial charge in [-0.3, -0.25) is 0 Å². The van der Waals surface area contributed by atoms with Gasteiger partial charge in [-0.25, -0.2) is 4.39 Å². The molecule has 2 fully saturated rings. The molecule has 0 saturated carbocycles. The molecule has 2 aliphatic heterocycles. The zero-order valence-electron chi connectivity index (χ0n) is 15.2. The fourth-order valence-electron chi connectivity index (χ4n) is 3.34. The van der Waals surface area contributed by atoms with Crippen LogP contribution in [0.1, 0.15) is 22.3 Å². The van der Waals surface area contributed by atoms with E-state index in [1.54, 1.807) is 0 Å². The van der Waals surface area contributed by atoms with E-state index >= 15 is 4.39 Å². The van der Waals surface area contributed by atoms with Crippen molar-refractivity contribution in [3.8, 4) is 0 Å². The van der Waals surface area contributed by atoms with Crippen LogP contribution >= 0.6 is 0 Å². The zero-order valence-corrected chi connectivity index (χ0v) is 15.2.